The molecule has 0 atom stereocenters. The Hall–Kier alpha value is -2.04. The van der Waals surface area contributed by atoms with Crippen LogP contribution in [-0.2, 0) is 4.79 Å². The van der Waals surface area contributed by atoms with Gasteiger partial charge in [0, 0.05) is 37.3 Å². The highest BCUT2D eigenvalue weighted by Gasteiger charge is 2.22. The Kier molecular flexibility index (Phi) is 4.39. The summed E-state index contributed by atoms with van der Waals surface area (Å²) in [5.41, 5.74) is 1.56. The molecule has 19 heavy (non-hydrogen) atoms. The number of nitrogens with one attached hydrogen (secondary N) is 3. The first-order valence-corrected chi connectivity index (χ1v) is 6.54. The van der Waals surface area contributed by atoms with Crippen molar-refractivity contribution >= 4 is 17.5 Å². The minimum Gasteiger partial charge on any atom is -0.388 e. The van der Waals surface area contributed by atoms with E-state index in [-0.39, 0.29) is 11.8 Å². The maximum absolute atomic E-state index is 11.8. The number of rotatable bonds is 6. The topological polar surface area (TPSA) is 70.2 Å². The van der Waals surface area contributed by atoms with Crippen molar-refractivity contribution in [2.75, 3.05) is 18.9 Å². The fraction of sp³-hybridized carbons (Fsp3) is 0.429. The first-order chi connectivity index (χ1) is 9.19. The number of carbonyl (C=O) groups is 2. The van der Waals surface area contributed by atoms with Gasteiger partial charge in [-0.05, 0) is 37.1 Å². The second-order valence-electron chi connectivity index (χ2n) is 4.68. The van der Waals surface area contributed by atoms with E-state index in [2.05, 4.69) is 16.0 Å². The molecular formula is C14H19N3O2. The zero-order valence-electron chi connectivity index (χ0n) is 11.0. The summed E-state index contributed by atoms with van der Waals surface area (Å²) in [6.07, 6.45) is 2.49. The smallest absolute Gasteiger partial charge is 0.251 e. The zero-order valence-corrected chi connectivity index (χ0v) is 11.0. The van der Waals surface area contributed by atoms with Crippen LogP contribution in [0.5, 0.6) is 0 Å². The predicted molar refractivity (Wildman–Crippen MR) is 74.1 cm³/mol. The molecule has 1 aromatic rings. The van der Waals surface area contributed by atoms with Crippen LogP contribution in [0.2, 0.25) is 0 Å². The van der Waals surface area contributed by atoms with Crippen LogP contribution < -0.4 is 16.0 Å². The third-order valence-electron chi connectivity index (χ3n) is 3.02. The van der Waals surface area contributed by atoms with E-state index in [1.807, 2.05) is 19.2 Å². The molecule has 0 aliphatic heterocycles. The second-order valence-corrected chi connectivity index (χ2v) is 4.68. The van der Waals surface area contributed by atoms with Gasteiger partial charge in [0.15, 0.2) is 0 Å². The van der Waals surface area contributed by atoms with Crippen LogP contribution in [0.4, 0.5) is 5.69 Å². The molecule has 0 aromatic heterocycles. The largest absolute Gasteiger partial charge is 0.388 e. The Morgan fingerprint density at radius 1 is 1.21 bits per heavy atom. The lowest BCUT2D eigenvalue weighted by Gasteiger charge is -2.06. The Labute approximate surface area is 112 Å². The summed E-state index contributed by atoms with van der Waals surface area (Å²) in [6.45, 7) is 0.366. The number of hydrogen-bond acceptors (Lipinski definition) is 3. The van der Waals surface area contributed by atoms with Gasteiger partial charge in [0.05, 0.1) is 0 Å². The van der Waals surface area contributed by atoms with Gasteiger partial charge in [-0.25, -0.2) is 0 Å². The fourth-order valence-corrected chi connectivity index (χ4v) is 1.71. The number of amides is 2. The Bertz CT molecular complexity index is 452. The molecule has 0 heterocycles. The standard InChI is InChI=1S/C14H19N3O2/c1-15-11-4-2-10(3-5-11)14(19)16-9-8-13(18)17-12-6-7-12/h2-5,12,15H,6-9H2,1H3,(H,16,19)(H,17,18). The van der Waals surface area contributed by atoms with Crippen molar-refractivity contribution < 1.29 is 9.59 Å². The highest BCUT2D eigenvalue weighted by molar-refractivity contribution is 5.94. The van der Waals surface area contributed by atoms with Crippen LogP contribution in [0.3, 0.4) is 0 Å². The molecule has 2 amide bonds. The van der Waals surface area contributed by atoms with Gasteiger partial charge in [-0.2, -0.15) is 0 Å². The van der Waals surface area contributed by atoms with Crippen LogP contribution in [0.25, 0.3) is 0 Å². The zero-order chi connectivity index (χ0) is 13.7. The van der Waals surface area contributed by atoms with Crippen LogP contribution in [0.15, 0.2) is 24.3 Å². The van der Waals surface area contributed by atoms with Crippen LogP contribution in [0, 0.1) is 0 Å². The first kappa shape index (κ1) is 13.4. The van der Waals surface area contributed by atoms with Crippen molar-refractivity contribution in [1.29, 1.82) is 0 Å². The van der Waals surface area contributed by atoms with E-state index in [0.717, 1.165) is 18.5 Å². The molecule has 0 radical (unpaired) electrons. The van der Waals surface area contributed by atoms with Crippen molar-refractivity contribution in [3.05, 3.63) is 29.8 Å². The monoisotopic (exact) mass is 261 g/mol. The van der Waals surface area contributed by atoms with E-state index in [0.29, 0.717) is 24.6 Å². The maximum Gasteiger partial charge on any atom is 0.251 e. The second kappa shape index (κ2) is 6.22. The van der Waals surface area contributed by atoms with E-state index in [1.165, 1.54) is 0 Å². The highest BCUT2D eigenvalue weighted by Crippen LogP contribution is 2.18. The molecule has 102 valence electrons. The summed E-state index contributed by atoms with van der Waals surface area (Å²) in [7, 11) is 1.83. The van der Waals surface area contributed by atoms with E-state index < -0.39 is 0 Å². The summed E-state index contributed by atoms with van der Waals surface area (Å²) >= 11 is 0. The lowest BCUT2D eigenvalue weighted by atomic mass is 10.2. The molecule has 5 heteroatoms. The van der Waals surface area contributed by atoms with E-state index in [1.54, 1.807) is 12.1 Å². The van der Waals surface area contributed by atoms with Gasteiger partial charge in [0.25, 0.3) is 5.91 Å². The lowest BCUT2D eigenvalue weighted by Crippen LogP contribution is -2.31. The summed E-state index contributed by atoms with van der Waals surface area (Å²) < 4.78 is 0. The molecule has 0 bridgehead atoms. The average molecular weight is 261 g/mol. The summed E-state index contributed by atoms with van der Waals surface area (Å²) in [4.78, 5) is 23.2. The SMILES string of the molecule is CNc1ccc(C(=O)NCCC(=O)NC2CC2)cc1. The Morgan fingerprint density at radius 3 is 2.47 bits per heavy atom. The quantitative estimate of drug-likeness (QED) is 0.719. The third-order valence-corrected chi connectivity index (χ3v) is 3.02. The fourth-order valence-electron chi connectivity index (χ4n) is 1.71. The van der Waals surface area contributed by atoms with Crippen molar-refractivity contribution in [2.45, 2.75) is 25.3 Å². The van der Waals surface area contributed by atoms with E-state index in [9.17, 15) is 9.59 Å². The molecule has 3 N–H and O–H groups in total. The van der Waals surface area contributed by atoms with Crippen molar-refractivity contribution in [3.8, 4) is 0 Å². The Balaban J connectivity index is 1.71. The van der Waals surface area contributed by atoms with Crippen LogP contribution in [0.1, 0.15) is 29.6 Å². The molecule has 5 nitrogen and oxygen atoms in total. The van der Waals surface area contributed by atoms with Crippen LogP contribution >= 0.6 is 0 Å². The molecule has 0 saturated heterocycles. The maximum atomic E-state index is 11.8. The molecule has 1 aliphatic carbocycles. The third kappa shape index (κ3) is 4.28. The molecule has 2 rings (SSSR count). The summed E-state index contributed by atoms with van der Waals surface area (Å²) in [6, 6.07) is 7.57. The molecule has 1 aliphatic rings. The van der Waals surface area contributed by atoms with Gasteiger partial charge >= 0.3 is 0 Å². The summed E-state index contributed by atoms with van der Waals surface area (Å²) in [5.74, 6) is -0.143. The average Bonchev–Trinajstić information content (AvgIpc) is 3.22. The van der Waals surface area contributed by atoms with Gasteiger partial charge in [-0.3, -0.25) is 9.59 Å². The lowest BCUT2D eigenvalue weighted by molar-refractivity contribution is -0.121. The van der Waals surface area contributed by atoms with Gasteiger partial charge in [0.2, 0.25) is 5.91 Å². The molecule has 1 saturated carbocycles. The van der Waals surface area contributed by atoms with E-state index in [4.69, 9.17) is 0 Å². The van der Waals surface area contributed by atoms with Gasteiger partial charge in [0.1, 0.15) is 0 Å². The minimum atomic E-state index is -0.151. The molecule has 0 spiro atoms. The highest BCUT2D eigenvalue weighted by atomic mass is 16.2. The Morgan fingerprint density at radius 2 is 1.89 bits per heavy atom. The van der Waals surface area contributed by atoms with Crippen molar-refractivity contribution in [2.24, 2.45) is 0 Å². The number of anilines is 1. The van der Waals surface area contributed by atoms with Crippen molar-refractivity contribution in [1.82, 2.24) is 10.6 Å². The van der Waals surface area contributed by atoms with Gasteiger partial charge < -0.3 is 16.0 Å². The number of carbonyl (C=O) groups excluding carboxylic acids is 2. The molecule has 1 aromatic carbocycles. The predicted octanol–water partition coefficient (Wildman–Crippen LogP) is 1.13. The molecule has 1 fully saturated rings. The normalized spacial score (nSPS) is 13.7. The summed E-state index contributed by atoms with van der Waals surface area (Å²) in [5, 5.41) is 8.62. The molecular weight excluding hydrogens is 242 g/mol. The number of benzene rings is 1. The van der Waals surface area contributed by atoms with Gasteiger partial charge in [-0.15, -0.1) is 0 Å². The van der Waals surface area contributed by atoms with Gasteiger partial charge in [-0.1, -0.05) is 0 Å². The minimum absolute atomic E-state index is 0.00771. The van der Waals surface area contributed by atoms with Crippen molar-refractivity contribution in [3.63, 3.8) is 0 Å². The van der Waals surface area contributed by atoms with Crippen LogP contribution in [-0.4, -0.2) is 31.4 Å². The molecule has 0 unspecified atom stereocenters. The van der Waals surface area contributed by atoms with E-state index >= 15 is 0 Å². The first-order valence-electron chi connectivity index (χ1n) is 6.54. The number of hydrogen-bond donors (Lipinski definition) is 3.